The molecule has 1 saturated heterocycles. The van der Waals surface area contributed by atoms with Crippen LogP contribution in [-0.4, -0.2) is 67.1 Å². The number of nitrogens with zero attached hydrogens (tertiary/aromatic N) is 2. The van der Waals surface area contributed by atoms with Gasteiger partial charge in [-0.3, -0.25) is 4.79 Å². The predicted octanol–water partition coefficient (Wildman–Crippen LogP) is 0.399. The minimum absolute atomic E-state index is 0.197. The molecule has 1 amide bonds. The third-order valence-corrected chi connectivity index (χ3v) is 5.59. The van der Waals surface area contributed by atoms with Crippen LogP contribution in [0.5, 0.6) is 0 Å². The molecule has 5 nitrogen and oxygen atoms in total. The van der Waals surface area contributed by atoms with Gasteiger partial charge in [-0.25, -0.2) is 0 Å². The fourth-order valence-corrected chi connectivity index (χ4v) is 3.88. The van der Waals surface area contributed by atoms with E-state index >= 15 is 0 Å². The molecular weight excluding hydrogens is 252 g/mol. The lowest BCUT2D eigenvalue weighted by molar-refractivity contribution is -0.124. The van der Waals surface area contributed by atoms with Gasteiger partial charge >= 0.3 is 0 Å². The topological polar surface area (TPSA) is 61.6 Å². The third-order valence-electron chi connectivity index (χ3n) is 5.59. The van der Waals surface area contributed by atoms with Gasteiger partial charge in [0.25, 0.3) is 0 Å². The van der Waals surface area contributed by atoms with Crippen molar-refractivity contribution in [1.29, 1.82) is 0 Å². The number of nitrogens with one attached hydrogen (secondary N) is 1. The molecule has 1 aliphatic carbocycles. The molecule has 1 saturated carbocycles. The normalized spacial score (nSPS) is 32.9. The molecule has 1 heterocycles. The highest BCUT2D eigenvalue weighted by Gasteiger charge is 2.45. The first kappa shape index (κ1) is 15.7. The molecule has 2 aliphatic rings. The zero-order valence-electron chi connectivity index (χ0n) is 13.2. The van der Waals surface area contributed by atoms with Crippen LogP contribution in [0.1, 0.15) is 39.0 Å². The number of hydrogen-bond acceptors (Lipinski definition) is 4. The average Bonchev–Trinajstić information content (AvgIpc) is 2.92. The molecule has 116 valence electrons. The van der Waals surface area contributed by atoms with Crippen molar-refractivity contribution in [3.8, 4) is 0 Å². The molecular formula is C15H30N4O. The monoisotopic (exact) mass is 282 g/mol. The maximum absolute atomic E-state index is 11.7. The Labute approximate surface area is 122 Å². The van der Waals surface area contributed by atoms with Gasteiger partial charge in [0.1, 0.15) is 0 Å². The summed E-state index contributed by atoms with van der Waals surface area (Å²) in [4.78, 5) is 16.7. The van der Waals surface area contributed by atoms with Gasteiger partial charge in [0.2, 0.25) is 5.91 Å². The number of likely N-dealkylation sites (tertiary alicyclic amines) is 1. The Hall–Kier alpha value is -0.650. The second-order valence-corrected chi connectivity index (χ2v) is 6.42. The number of nitrogens with two attached hydrogens (primary N) is 1. The van der Waals surface area contributed by atoms with Gasteiger partial charge in [-0.15, -0.1) is 0 Å². The van der Waals surface area contributed by atoms with Gasteiger partial charge in [0, 0.05) is 12.1 Å². The highest BCUT2D eigenvalue weighted by Crippen LogP contribution is 2.34. The van der Waals surface area contributed by atoms with E-state index in [1.807, 2.05) is 7.05 Å². The highest BCUT2D eigenvalue weighted by molar-refractivity contribution is 5.85. The molecule has 0 spiro atoms. The van der Waals surface area contributed by atoms with E-state index in [9.17, 15) is 4.79 Å². The van der Waals surface area contributed by atoms with Crippen molar-refractivity contribution in [2.45, 2.75) is 56.7 Å². The smallest absolute Gasteiger partial charge is 0.237 e. The molecule has 1 aliphatic heterocycles. The molecule has 2 rings (SSSR count). The van der Waals surface area contributed by atoms with Gasteiger partial charge in [-0.1, -0.05) is 6.92 Å². The van der Waals surface area contributed by atoms with E-state index in [-0.39, 0.29) is 5.91 Å². The van der Waals surface area contributed by atoms with Crippen LogP contribution >= 0.6 is 0 Å². The summed E-state index contributed by atoms with van der Waals surface area (Å²) in [5, 5.41) is 3.17. The molecule has 2 atom stereocenters. The number of likely N-dealkylation sites (N-methyl/N-ethyl adjacent to an activating group) is 1. The van der Waals surface area contributed by atoms with Crippen molar-refractivity contribution in [1.82, 2.24) is 15.1 Å². The van der Waals surface area contributed by atoms with Crippen molar-refractivity contribution in [2.24, 2.45) is 5.73 Å². The van der Waals surface area contributed by atoms with Crippen molar-refractivity contribution in [3.63, 3.8) is 0 Å². The molecule has 2 fully saturated rings. The number of hydrogen-bond donors (Lipinski definition) is 2. The largest absolute Gasteiger partial charge is 0.368 e. The lowest BCUT2D eigenvalue weighted by Gasteiger charge is -2.39. The molecule has 0 aromatic rings. The quantitative estimate of drug-likeness (QED) is 0.766. The number of rotatable bonds is 5. The fraction of sp³-hybridized carbons (Fsp3) is 0.933. The van der Waals surface area contributed by atoms with Crippen molar-refractivity contribution in [2.75, 3.05) is 33.7 Å². The molecule has 0 aromatic heterocycles. The second-order valence-electron chi connectivity index (χ2n) is 6.42. The summed E-state index contributed by atoms with van der Waals surface area (Å²) in [6.07, 6.45) is 5.26. The maximum atomic E-state index is 11.7. The van der Waals surface area contributed by atoms with Crippen LogP contribution < -0.4 is 11.1 Å². The molecule has 5 heteroatoms. The Balaban J connectivity index is 1.91. The van der Waals surface area contributed by atoms with E-state index in [0.717, 1.165) is 25.8 Å². The van der Waals surface area contributed by atoms with E-state index in [2.05, 4.69) is 29.1 Å². The Morgan fingerprint density at radius 1 is 1.35 bits per heavy atom. The second kappa shape index (κ2) is 6.41. The van der Waals surface area contributed by atoms with E-state index in [4.69, 9.17) is 5.73 Å². The zero-order valence-corrected chi connectivity index (χ0v) is 13.2. The van der Waals surface area contributed by atoms with Crippen LogP contribution in [0.25, 0.3) is 0 Å². The first-order valence-corrected chi connectivity index (χ1v) is 7.95. The predicted molar refractivity (Wildman–Crippen MR) is 81.5 cm³/mol. The molecule has 0 radical (unpaired) electrons. The molecule has 0 aromatic carbocycles. The van der Waals surface area contributed by atoms with Crippen LogP contribution in [0.2, 0.25) is 0 Å². The Bertz CT molecular complexity index is 341. The van der Waals surface area contributed by atoms with E-state index in [1.165, 1.54) is 25.9 Å². The highest BCUT2D eigenvalue weighted by atomic mass is 16.1. The minimum Gasteiger partial charge on any atom is -0.368 e. The number of primary amides is 1. The first-order chi connectivity index (χ1) is 9.52. The number of amides is 1. The van der Waals surface area contributed by atoms with Crippen LogP contribution in [0, 0.1) is 0 Å². The van der Waals surface area contributed by atoms with Crippen molar-refractivity contribution >= 4 is 5.91 Å². The number of carbonyl (C=O) groups excluding carboxylic acids is 1. The lowest BCUT2D eigenvalue weighted by Crippen LogP contribution is -2.53. The molecule has 2 unspecified atom stereocenters. The Morgan fingerprint density at radius 3 is 2.45 bits per heavy atom. The lowest BCUT2D eigenvalue weighted by atomic mass is 9.95. The third kappa shape index (κ3) is 3.00. The van der Waals surface area contributed by atoms with Gasteiger partial charge in [0.05, 0.1) is 5.54 Å². The zero-order chi connectivity index (χ0) is 14.8. The van der Waals surface area contributed by atoms with Crippen LogP contribution in [0.4, 0.5) is 0 Å². The summed E-state index contributed by atoms with van der Waals surface area (Å²) in [6, 6.07) is 1.14. The summed E-state index contributed by atoms with van der Waals surface area (Å²) >= 11 is 0. The summed E-state index contributed by atoms with van der Waals surface area (Å²) in [6.45, 7) is 5.79. The summed E-state index contributed by atoms with van der Waals surface area (Å²) < 4.78 is 0. The van der Waals surface area contributed by atoms with Gasteiger partial charge in [-0.05, 0) is 65.8 Å². The van der Waals surface area contributed by atoms with E-state index in [1.54, 1.807) is 0 Å². The van der Waals surface area contributed by atoms with E-state index < -0.39 is 5.54 Å². The minimum atomic E-state index is -0.483. The van der Waals surface area contributed by atoms with E-state index in [0.29, 0.717) is 12.1 Å². The standard InChI is InChI=1S/C15H30N4O/c1-4-19-9-6-12(7-10-19)18(3)13-5-8-15(11-13,17-2)14(16)20/h12-13,17H,4-11H2,1-3H3,(H2,16,20). The van der Waals surface area contributed by atoms with Crippen LogP contribution in [0.3, 0.4) is 0 Å². The van der Waals surface area contributed by atoms with Crippen LogP contribution in [-0.2, 0) is 4.79 Å². The number of piperidine rings is 1. The van der Waals surface area contributed by atoms with Crippen molar-refractivity contribution in [3.05, 3.63) is 0 Å². The SMILES string of the molecule is CCN1CCC(N(C)C2CCC(NC)(C(N)=O)C2)CC1. The summed E-state index contributed by atoms with van der Waals surface area (Å²) in [5.74, 6) is -0.197. The number of carbonyl (C=O) groups is 1. The Morgan fingerprint density at radius 2 is 2.00 bits per heavy atom. The summed E-state index contributed by atoms with van der Waals surface area (Å²) in [7, 11) is 4.08. The fourth-order valence-electron chi connectivity index (χ4n) is 3.88. The molecule has 20 heavy (non-hydrogen) atoms. The van der Waals surface area contributed by atoms with Crippen LogP contribution in [0.15, 0.2) is 0 Å². The maximum Gasteiger partial charge on any atom is 0.237 e. The Kier molecular flexibility index (Phi) is 5.04. The first-order valence-electron chi connectivity index (χ1n) is 7.95. The molecule has 3 N–H and O–H groups in total. The van der Waals surface area contributed by atoms with Gasteiger partial charge < -0.3 is 20.9 Å². The molecule has 0 bridgehead atoms. The average molecular weight is 282 g/mol. The van der Waals surface area contributed by atoms with Gasteiger partial charge in [-0.2, -0.15) is 0 Å². The van der Waals surface area contributed by atoms with Gasteiger partial charge in [0.15, 0.2) is 0 Å². The van der Waals surface area contributed by atoms with Crippen molar-refractivity contribution < 1.29 is 4.79 Å². The summed E-state index contributed by atoms with van der Waals surface area (Å²) in [5.41, 5.74) is 5.11.